The van der Waals surface area contributed by atoms with Crippen LogP contribution in [0.2, 0.25) is 0 Å². The summed E-state index contributed by atoms with van der Waals surface area (Å²) in [5, 5.41) is 13.5. The molecule has 0 unspecified atom stereocenters. The van der Waals surface area contributed by atoms with Crippen LogP contribution < -0.4 is 5.32 Å². The second-order valence-electron chi connectivity index (χ2n) is 6.21. The van der Waals surface area contributed by atoms with Crippen LogP contribution in [-0.2, 0) is 0 Å². The van der Waals surface area contributed by atoms with Gasteiger partial charge in [0.2, 0.25) is 0 Å². The molecule has 112 valence electrons. The molecule has 21 heavy (non-hydrogen) atoms. The third-order valence-electron chi connectivity index (χ3n) is 4.68. The summed E-state index contributed by atoms with van der Waals surface area (Å²) in [6.07, 6.45) is 2.69. The fraction of sp³-hybridized carbons (Fsp3) is 0.471. The summed E-state index contributed by atoms with van der Waals surface area (Å²) in [5.41, 5.74) is 3.34. The third kappa shape index (κ3) is 2.14. The van der Waals surface area contributed by atoms with Gasteiger partial charge in [-0.1, -0.05) is 12.1 Å². The number of hydrogen-bond acceptors (Lipinski definition) is 3. The third-order valence-corrected chi connectivity index (χ3v) is 4.68. The smallest absolute Gasteiger partial charge is 0.287 e. The topological polar surface area (TPSA) is 62.5 Å². The Balaban J connectivity index is 2.01. The predicted octanol–water partition coefficient (Wildman–Crippen LogP) is 3.00. The molecule has 1 heterocycles. The number of carbonyl (C=O) groups excluding carboxylic acids is 1. The number of benzene rings is 1. The van der Waals surface area contributed by atoms with Crippen molar-refractivity contribution in [3.05, 3.63) is 34.6 Å². The summed E-state index contributed by atoms with van der Waals surface area (Å²) in [4.78, 5) is 12.5. The van der Waals surface area contributed by atoms with Crippen molar-refractivity contribution in [3.63, 3.8) is 0 Å². The van der Waals surface area contributed by atoms with Crippen molar-refractivity contribution < 1.29 is 14.3 Å². The first-order valence-electron chi connectivity index (χ1n) is 7.40. The highest BCUT2D eigenvalue weighted by Crippen LogP contribution is 2.34. The molecule has 4 heteroatoms. The fourth-order valence-corrected chi connectivity index (χ4v) is 3.12. The van der Waals surface area contributed by atoms with E-state index in [0.29, 0.717) is 5.76 Å². The average Bonchev–Trinajstić information content (AvgIpc) is 2.77. The largest absolute Gasteiger partial charge is 0.450 e. The van der Waals surface area contributed by atoms with Crippen LogP contribution in [0.15, 0.2) is 16.5 Å². The minimum absolute atomic E-state index is 0.0178. The van der Waals surface area contributed by atoms with E-state index >= 15 is 0 Å². The molecule has 2 N–H and O–H groups in total. The highest BCUT2D eigenvalue weighted by atomic mass is 16.3. The average molecular weight is 287 g/mol. The molecule has 0 saturated heterocycles. The maximum absolute atomic E-state index is 12.5. The molecule has 0 spiro atoms. The lowest BCUT2D eigenvalue weighted by atomic mass is 9.77. The highest BCUT2D eigenvalue weighted by Gasteiger charge is 2.38. The molecular formula is C17H21NO3. The molecule has 1 aromatic carbocycles. The Hall–Kier alpha value is -1.81. The molecule has 1 aliphatic rings. The van der Waals surface area contributed by atoms with Gasteiger partial charge in [0, 0.05) is 10.9 Å². The van der Waals surface area contributed by atoms with Gasteiger partial charge < -0.3 is 14.8 Å². The zero-order valence-corrected chi connectivity index (χ0v) is 12.7. The van der Waals surface area contributed by atoms with Crippen LogP contribution in [0.4, 0.5) is 0 Å². The number of carbonyl (C=O) groups is 1. The number of nitrogens with one attached hydrogen (secondary N) is 1. The van der Waals surface area contributed by atoms with Crippen molar-refractivity contribution >= 4 is 16.9 Å². The zero-order valence-electron chi connectivity index (χ0n) is 12.7. The number of amides is 1. The van der Waals surface area contributed by atoms with E-state index in [0.717, 1.165) is 46.9 Å². The summed E-state index contributed by atoms with van der Waals surface area (Å²) in [6.45, 7) is 5.90. The second kappa shape index (κ2) is 4.88. The van der Waals surface area contributed by atoms with E-state index < -0.39 is 5.54 Å². The van der Waals surface area contributed by atoms with E-state index in [1.807, 2.05) is 32.9 Å². The number of aliphatic hydroxyl groups is 1. The molecule has 3 rings (SSSR count). The van der Waals surface area contributed by atoms with Crippen LogP contribution >= 0.6 is 0 Å². The van der Waals surface area contributed by atoms with E-state index in [1.165, 1.54) is 0 Å². The van der Waals surface area contributed by atoms with E-state index in [-0.39, 0.29) is 12.5 Å². The Morgan fingerprint density at radius 1 is 1.29 bits per heavy atom. The van der Waals surface area contributed by atoms with E-state index in [2.05, 4.69) is 5.32 Å². The number of rotatable bonds is 3. The zero-order chi connectivity index (χ0) is 15.2. The van der Waals surface area contributed by atoms with E-state index in [4.69, 9.17) is 4.42 Å². The van der Waals surface area contributed by atoms with Crippen molar-refractivity contribution in [2.75, 3.05) is 6.61 Å². The number of aryl methyl sites for hydroxylation is 3. The molecule has 0 radical (unpaired) electrons. The van der Waals surface area contributed by atoms with Crippen LogP contribution in [0.25, 0.3) is 11.0 Å². The molecule has 4 nitrogen and oxygen atoms in total. The van der Waals surface area contributed by atoms with Gasteiger partial charge in [-0.3, -0.25) is 4.79 Å². The molecule has 1 saturated carbocycles. The van der Waals surface area contributed by atoms with Crippen molar-refractivity contribution in [2.45, 2.75) is 45.6 Å². The predicted molar refractivity (Wildman–Crippen MR) is 81.6 cm³/mol. The Morgan fingerprint density at radius 2 is 1.95 bits per heavy atom. The van der Waals surface area contributed by atoms with Gasteiger partial charge in [-0.15, -0.1) is 0 Å². The quantitative estimate of drug-likeness (QED) is 0.912. The number of hydrogen-bond donors (Lipinski definition) is 2. The molecular weight excluding hydrogens is 266 g/mol. The van der Waals surface area contributed by atoms with E-state index in [9.17, 15) is 9.90 Å². The van der Waals surface area contributed by atoms with Gasteiger partial charge >= 0.3 is 0 Å². The normalized spacial score (nSPS) is 16.8. The van der Waals surface area contributed by atoms with Crippen molar-refractivity contribution in [1.82, 2.24) is 5.32 Å². The van der Waals surface area contributed by atoms with Crippen LogP contribution in [0.3, 0.4) is 0 Å². The molecule has 0 aliphatic heterocycles. The fourth-order valence-electron chi connectivity index (χ4n) is 3.12. The summed E-state index contributed by atoms with van der Waals surface area (Å²) >= 11 is 0. The first-order valence-corrected chi connectivity index (χ1v) is 7.40. The summed E-state index contributed by atoms with van der Waals surface area (Å²) in [5.74, 6) is 0.137. The van der Waals surface area contributed by atoms with Gasteiger partial charge in [0.05, 0.1) is 12.1 Å². The molecule has 2 aromatic rings. The minimum Gasteiger partial charge on any atom is -0.450 e. The monoisotopic (exact) mass is 287 g/mol. The molecule has 1 aromatic heterocycles. The van der Waals surface area contributed by atoms with Crippen molar-refractivity contribution in [1.29, 1.82) is 0 Å². The standard InChI is InChI=1S/C17H21NO3/c1-10-5-6-11(2)14-13(10)12(3)15(21-14)16(20)18-17(9-19)7-4-8-17/h5-6,19H,4,7-9H2,1-3H3,(H,18,20). The number of furan rings is 1. The van der Waals surface area contributed by atoms with Gasteiger partial charge in [-0.25, -0.2) is 0 Å². The Bertz CT molecular complexity index is 705. The molecule has 1 fully saturated rings. The molecule has 0 atom stereocenters. The van der Waals surface area contributed by atoms with Gasteiger partial charge in [0.15, 0.2) is 5.76 Å². The van der Waals surface area contributed by atoms with E-state index in [1.54, 1.807) is 0 Å². The first kappa shape index (κ1) is 14.1. The summed E-state index contributed by atoms with van der Waals surface area (Å²) in [7, 11) is 0. The lowest BCUT2D eigenvalue weighted by molar-refractivity contribution is 0.0620. The highest BCUT2D eigenvalue weighted by molar-refractivity contribution is 6.00. The van der Waals surface area contributed by atoms with Gasteiger partial charge in [0.25, 0.3) is 5.91 Å². The Kier molecular flexibility index (Phi) is 3.29. The first-order chi connectivity index (χ1) is 9.97. The van der Waals surface area contributed by atoms with Crippen LogP contribution in [0.1, 0.15) is 46.5 Å². The molecule has 1 aliphatic carbocycles. The lowest BCUT2D eigenvalue weighted by Gasteiger charge is -2.40. The van der Waals surface area contributed by atoms with Gasteiger partial charge in [0.1, 0.15) is 5.58 Å². The number of aliphatic hydroxyl groups excluding tert-OH is 1. The van der Waals surface area contributed by atoms with Gasteiger partial charge in [-0.05, 0) is 51.2 Å². The second-order valence-corrected chi connectivity index (χ2v) is 6.21. The van der Waals surface area contributed by atoms with Crippen LogP contribution in [0, 0.1) is 20.8 Å². The Labute approximate surface area is 124 Å². The summed E-state index contributed by atoms with van der Waals surface area (Å²) in [6, 6.07) is 4.05. The SMILES string of the molecule is Cc1ccc(C)c2c(C)c(C(=O)NC3(CO)CCC3)oc12. The lowest BCUT2D eigenvalue weighted by Crippen LogP contribution is -2.56. The number of fused-ring (bicyclic) bond motifs is 1. The van der Waals surface area contributed by atoms with Crippen LogP contribution in [-0.4, -0.2) is 23.2 Å². The van der Waals surface area contributed by atoms with Crippen molar-refractivity contribution in [2.24, 2.45) is 0 Å². The van der Waals surface area contributed by atoms with Crippen molar-refractivity contribution in [3.8, 4) is 0 Å². The molecule has 1 amide bonds. The maximum Gasteiger partial charge on any atom is 0.287 e. The Morgan fingerprint density at radius 3 is 2.48 bits per heavy atom. The summed E-state index contributed by atoms with van der Waals surface area (Å²) < 4.78 is 5.84. The maximum atomic E-state index is 12.5. The minimum atomic E-state index is -0.452. The van der Waals surface area contributed by atoms with Gasteiger partial charge in [-0.2, -0.15) is 0 Å². The van der Waals surface area contributed by atoms with Crippen LogP contribution in [0.5, 0.6) is 0 Å². The molecule has 0 bridgehead atoms.